The Morgan fingerprint density at radius 2 is 0.533 bits per heavy atom. The van der Waals surface area contributed by atoms with Crippen molar-refractivity contribution in [2.24, 2.45) is 11.8 Å². The predicted octanol–water partition coefficient (Wildman–Crippen LogP) is 20.4. The standard InChI is InChI=1S/C71H138O17P2/c1-7-11-13-39-47-53-68(73)81-59-66(87-70(75)55-49-40-14-12-8-2)61-85-89(77,78)83-57-65(72)58-84-90(79,80)86-62-67(60-82-69(74)54-48-43-37-33-29-25-22-21-24-28-32-36-42-46-52-64(6)10-4)88-71(76)56-50-44-38-34-30-26-20-18-16-15-17-19-23-27-31-35-41-45-51-63(5)9-3/h63-67,72H,7-62H2,1-6H3,(H,77,78)(H,79,80)/t63?,64?,65-,66+,67+/m0/s1. The molecule has 0 aliphatic rings. The van der Waals surface area contributed by atoms with Gasteiger partial charge in [-0.1, -0.05) is 311 Å². The summed E-state index contributed by atoms with van der Waals surface area (Å²) in [5.74, 6) is -0.426. The Bertz CT molecular complexity index is 1760. The second-order valence-corrected chi connectivity index (χ2v) is 29.0. The first kappa shape index (κ1) is 88.1. The van der Waals surface area contributed by atoms with Gasteiger partial charge in [0.15, 0.2) is 12.2 Å². The summed E-state index contributed by atoms with van der Waals surface area (Å²) < 4.78 is 67.8. The van der Waals surface area contributed by atoms with E-state index in [0.717, 1.165) is 108 Å². The predicted molar refractivity (Wildman–Crippen MR) is 363 cm³/mol. The average Bonchev–Trinajstić information content (AvgIpc) is 3.16. The molecule has 0 bridgehead atoms. The molecule has 17 nitrogen and oxygen atoms in total. The lowest BCUT2D eigenvalue weighted by atomic mass is 9.99. The van der Waals surface area contributed by atoms with Crippen LogP contribution in [-0.4, -0.2) is 96.7 Å². The van der Waals surface area contributed by atoms with E-state index in [2.05, 4.69) is 41.5 Å². The van der Waals surface area contributed by atoms with Crippen molar-refractivity contribution in [1.29, 1.82) is 0 Å². The maximum absolute atomic E-state index is 13.0. The van der Waals surface area contributed by atoms with Crippen molar-refractivity contribution in [3.05, 3.63) is 0 Å². The second-order valence-electron chi connectivity index (χ2n) is 26.1. The number of phosphoric acid groups is 2. The summed E-state index contributed by atoms with van der Waals surface area (Å²) >= 11 is 0. The van der Waals surface area contributed by atoms with Crippen LogP contribution >= 0.6 is 15.6 Å². The van der Waals surface area contributed by atoms with Crippen LogP contribution in [0.25, 0.3) is 0 Å². The van der Waals surface area contributed by atoms with Crippen molar-refractivity contribution in [2.75, 3.05) is 39.6 Å². The first-order valence-corrected chi connectivity index (χ1v) is 40.1. The maximum Gasteiger partial charge on any atom is 0.472 e. The summed E-state index contributed by atoms with van der Waals surface area (Å²) in [4.78, 5) is 71.9. The number of hydrogen-bond acceptors (Lipinski definition) is 15. The molecule has 0 aromatic heterocycles. The molecule has 0 aliphatic heterocycles. The van der Waals surface area contributed by atoms with Crippen LogP contribution in [-0.2, 0) is 65.4 Å². The number of hydrogen-bond donors (Lipinski definition) is 3. The third-order valence-electron chi connectivity index (χ3n) is 17.2. The first-order chi connectivity index (χ1) is 43.4. The van der Waals surface area contributed by atoms with Gasteiger partial charge in [0, 0.05) is 25.7 Å². The highest BCUT2D eigenvalue weighted by molar-refractivity contribution is 7.47. The summed E-state index contributed by atoms with van der Waals surface area (Å²) in [7, 11) is -9.88. The molecule has 0 amide bonds. The molecule has 0 saturated carbocycles. The van der Waals surface area contributed by atoms with Crippen molar-refractivity contribution in [3.8, 4) is 0 Å². The van der Waals surface area contributed by atoms with Gasteiger partial charge in [-0.25, -0.2) is 9.13 Å². The SMILES string of the molecule is CCCCCCCC(=O)OC[C@H](COP(=O)(O)OC[C@H](O)COP(=O)(O)OC[C@@H](COC(=O)CCCCCCCCCCCCCCCCC(C)CC)OC(=O)CCCCCCCCCCCCCCCCCCCCC(C)CC)OC(=O)CCCCCCC. The van der Waals surface area contributed by atoms with E-state index in [1.165, 1.54) is 173 Å². The minimum Gasteiger partial charge on any atom is -0.462 e. The van der Waals surface area contributed by atoms with Crippen molar-refractivity contribution in [1.82, 2.24) is 0 Å². The highest BCUT2D eigenvalue weighted by Gasteiger charge is 2.30. The fraction of sp³-hybridized carbons (Fsp3) is 0.944. The summed E-state index contributed by atoms with van der Waals surface area (Å²) in [5.41, 5.74) is 0. The minimum atomic E-state index is -4.95. The van der Waals surface area contributed by atoms with E-state index in [1.54, 1.807) is 0 Å². The van der Waals surface area contributed by atoms with Crippen LogP contribution < -0.4 is 0 Å². The number of unbranched alkanes of at least 4 members (excludes halogenated alkanes) is 38. The van der Waals surface area contributed by atoms with Crippen molar-refractivity contribution in [3.63, 3.8) is 0 Å². The third-order valence-corrected chi connectivity index (χ3v) is 19.1. The molecule has 19 heteroatoms. The van der Waals surface area contributed by atoms with Gasteiger partial charge in [-0.15, -0.1) is 0 Å². The monoisotopic (exact) mass is 1320 g/mol. The fourth-order valence-corrected chi connectivity index (χ4v) is 12.3. The molecule has 0 saturated heterocycles. The van der Waals surface area contributed by atoms with E-state index in [0.29, 0.717) is 25.7 Å². The van der Waals surface area contributed by atoms with Gasteiger partial charge in [-0.2, -0.15) is 0 Å². The summed E-state index contributed by atoms with van der Waals surface area (Å²) in [6, 6.07) is 0. The number of aliphatic hydroxyl groups excluding tert-OH is 1. The Morgan fingerprint density at radius 1 is 0.311 bits per heavy atom. The number of carbonyl (C=O) groups excluding carboxylic acids is 4. The molecule has 0 aromatic carbocycles. The third kappa shape index (κ3) is 62.2. The van der Waals surface area contributed by atoms with Gasteiger partial charge in [-0.05, 0) is 37.5 Å². The van der Waals surface area contributed by atoms with Crippen LogP contribution in [0.2, 0.25) is 0 Å². The van der Waals surface area contributed by atoms with Crippen LogP contribution in [0.15, 0.2) is 0 Å². The largest absolute Gasteiger partial charge is 0.472 e. The van der Waals surface area contributed by atoms with Crippen LogP contribution in [0.5, 0.6) is 0 Å². The molecule has 0 aliphatic carbocycles. The summed E-state index contributed by atoms with van der Waals surface area (Å²) in [6.45, 7) is 9.48. The fourth-order valence-electron chi connectivity index (χ4n) is 10.7. The topological polar surface area (TPSA) is 237 Å². The zero-order valence-corrected chi connectivity index (χ0v) is 60.2. The molecule has 7 atom stereocenters. The number of rotatable bonds is 70. The molecule has 0 aromatic rings. The molecule has 3 N–H and O–H groups in total. The van der Waals surface area contributed by atoms with Gasteiger partial charge >= 0.3 is 39.5 Å². The Kier molecular flexibility index (Phi) is 61.8. The van der Waals surface area contributed by atoms with Crippen molar-refractivity contribution < 1.29 is 80.2 Å². The number of ether oxygens (including phenoxy) is 4. The van der Waals surface area contributed by atoms with Gasteiger partial charge in [-0.3, -0.25) is 37.3 Å². The van der Waals surface area contributed by atoms with Crippen LogP contribution in [0, 0.1) is 11.8 Å². The molecule has 0 radical (unpaired) electrons. The van der Waals surface area contributed by atoms with E-state index in [1.807, 2.05) is 0 Å². The molecular weight excluding hydrogens is 1190 g/mol. The van der Waals surface area contributed by atoms with E-state index in [4.69, 9.17) is 37.0 Å². The number of esters is 4. The number of carbonyl (C=O) groups is 4. The molecule has 0 heterocycles. The van der Waals surface area contributed by atoms with Crippen LogP contribution in [0.3, 0.4) is 0 Å². The van der Waals surface area contributed by atoms with Crippen molar-refractivity contribution in [2.45, 2.75) is 381 Å². The maximum atomic E-state index is 13.0. The Hall–Kier alpha value is -1.94. The Morgan fingerprint density at radius 3 is 0.789 bits per heavy atom. The summed E-state index contributed by atoms with van der Waals surface area (Å²) in [6.07, 6.45) is 49.5. The lowest BCUT2D eigenvalue weighted by molar-refractivity contribution is -0.161. The van der Waals surface area contributed by atoms with Gasteiger partial charge < -0.3 is 33.8 Å². The quantitative estimate of drug-likeness (QED) is 0.0222. The molecule has 0 fully saturated rings. The normalized spacial score (nSPS) is 14.7. The molecule has 90 heavy (non-hydrogen) atoms. The lowest BCUT2D eigenvalue weighted by Crippen LogP contribution is -2.30. The number of phosphoric ester groups is 2. The molecular formula is C71H138O17P2. The highest BCUT2D eigenvalue weighted by atomic mass is 31.2. The van der Waals surface area contributed by atoms with E-state index < -0.39 is 97.5 Å². The van der Waals surface area contributed by atoms with E-state index in [-0.39, 0.29) is 25.7 Å². The second kappa shape index (κ2) is 63.1. The van der Waals surface area contributed by atoms with Gasteiger partial charge in [0.05, 0.1) is 26.4 Å². The van der Waals surface area contributed by atoms with Gasteiger partial charge in [0.2, 0.25) is 0 Å². The summed E-state index contributed by atoms with van der Waals surface area (Å²) in [5, 5.41) is 10.5. The molecule has 534 valence electrons. The molecule has 4 unspecified atom stereocenters. The minimum absolute atomic E-state index is 0.0989. The zero-order valence-electron chi connectivity index (χ0n) is 58.4. The molecule has 0 rings (SSSR count). The zero-order chi connectivity index (χ0) is 66.5. The Labute approximate surface area is 549 Å². The van der Waals surface area contributed by atoms with E-state index >= 15 is 0 Å². The van der Waals surface area contributed by atoms with Gasteiger partial charge in [0.25, 0.3) is 0 Å². The number of aliphatic hydroxyl groups is 1. The van der Waals surface area contributed by atoms with Crippen LogP contribution in [0.4, 0.5) is 0 Å². The van der Waals surface area contributed by atoms with Crippen LogP contribution in [0.1, 0.15) is 363 Å². The van der Waals surface area contributed by atoms with Crippen molar-refractivity contribution >= 4 is 39.5 Å². The highest BCUT2D eigenvalue weighted by Crippen LogP contribution is 2.45. The van der Waals surface area contributed by atoms with Gasteiger partial charge in [0.1, 0.15) is 19.3 Å². The molecule has 0 spiro atoms. The first-order valence-electron chi connectivity index (χ1n) is 37.1. The average molecular weight is 1330 g/mol. The lowest BCUT2D eigenvalue weighted by Gasteiger charge is -2.21. The Balaban J connectivity index is 5.03. The smallest absolute Gasteiger partial charge is 0.462 e. The van der Waals surface area contributed by atoms with E-state index in [9.17, 15) is 43.2 Å².